The van der Waals surface area contributed by atoms with E-state index in [9.17, 15) is 0 Å². The molecule has 2 heterocycles. The van der Waals surface area contributed by atoms with Gasteiger partial charge in [0.15, 0.2) is 0 Å². The van der Waals surface area contributed by atoms with E-state index in [-0.39, 0.29) is 12.1 Å². The molecule has 1 saturated heterocycles. The molecular weight excluding hydrogens is 306 g/mol. The molecule has 0 saturated carbocycles. The van der Waals surface area contributed by atoms with E-state index in [1.165, 1.54) is 12.8 Å². The number of hydrogen-bond acceptors (Lipinski definition) is 2. The maximum Gasteiger partial charge on any atom is 0.124 e. The van der Waals surface area contributed by atoms with E-state index in [2.05, 4.69) is 15.5 Å². The Morgan fingerprint density at radius 2 is 1.87 bits per heavy atom. The fourth-order valence-electron chi connectivity index (χ4n) is 3.22. The second-order valence-corrected chi connectivity index (χ2v) is 6.45. The summed E-state index contributed by atoms with van der Waals surface area (Å²) in [5, 5.41) is 0.321. The molecule has 1 aliphatic rings. The molecule has 0 radical (unpaired) electrons. The third kappa shape index (κ3) is 3.12. The zero-order chi connectivity index (χ0) is 17.4. The Balaban J connectivity index is 1.75. The molecule has 23 heavy (non-hydrogen) atoms. The number of hydrogen-bond donors (Lipinski definition) is 0. The first-order valence-electron chi connectivity index (χ1n) is 9.04. The normalized spacial score (nSPS) is 16.7. The number of fused-ring (bicyclic) bond motifs is 1. The van der Waals surface area contributed by atoms with Crippen LogP contribution in [-0.2, 0) is 13.1 Å². The second kappa shape index (κ2) is 6.34. The molecule has 1 aliphatic heterocycles. The standard InChI is InChI=1S/C19H20ClN3/c20-16-9-7-15(8-10-16)13-23-18-6-2-1-5-17(18)21-19(23)14-22-11-3-4-12-22/h1-2,5-10H,3-4,11-14H2/i7D,9D. The van der Waals surface area contributed by atoms with Gasteiger partial charge in [0.05, 0.1) is 20.3 Å². The number of para-hydroxylation sites is 2. The largest absolute Gasteiger partial charge is 0.322 e. The summed E-state index contributed by atoms with van der Waals surface area (Å²) in [5.41, 5.74) is 2.83. The predicted molar refractivity (Wildman–Crippen MR) is 94.8 cm³/mol. The smallest absolute Gasteiger partial charge is 0.124 e. The molecule has 2 aromatic carbocycles. The van der Waals surface area contributed by atoms with Crippen molar-refractivity contribution in [3.63, 3.8) is 0 Å². The van der Waals surface area contributed by atoms with Crippen molar-refractivity contribution >= 4 is 22.6 Å². The quantitative estimate of drug-likeness (QED) is 0.711. The van der Waals surface area contributed by atoms with Crippen LogP contribution in [0.4, 0.5) is 0 Å². The van der Waals surface area contributed by atoms with Crippen molar-refractivity contribution in [2.75, 3.05) is 13.1 Å². The fraction of sp³-hybridized carbons (Fsp3) is 0.316. The van der Waals surface area contributed by atoms with Crippen molar-refractivity contribution in [3.05, 3.63) is 64.9 Å². The summed E-state index contributed by atoms with van der Waals surface area (Å²) in [6, 6.07) is 11.9. The number of likely N-dealkylation sites (tertiary alicyclic amines) is 1. The van der Waals surface area contributed by atoms with Gasteiger partial charge in [-0.1, -0.05) is 35.8 Å². The van der Waals surface area contributed by atoms with Crippen LogP contribution in [0.1, 0.15) is 27.0 Å². The van der Waals surface area contributed by atoms with Gasteiger partial charge in [-0.05, 0) is 55.7 Å². The van der Waals surface area contributed by atoms with Gasteiger partial charge in [-0.25, -0.2) is 4.98 Å². The zero-order valence-corrected chi connectivity index (χ0v) is 13.7. The van der Waals surface area contributed by atoms with Gasteiger partial charge in [-0.3, -0.25) is 4.90 Å². The third-order valence-corrected chi connectivity index (χ3v) is 4.62. The van der Waals surface area contributed by atoms with Crippen molar-refractivity contribution < 1.29 is 2.74 Å². The molecule has 1 aromatic heterocycles. The Labute approximate surface area is 144 Å². The van der Waals surface area contributed by atoms with Crippen LogP contribution < -0.4 is 0 Å². The zero-order valence-electron chi connectivity index (χ0n) is 14.9. The van der Waals surface area contributed by atoms with E-state index in [0.717, 1.165) is 42.1 Å². The fourth-order valence-corrected chi connectivity index (χ4v) is 3.33. The van der Waals surface area contributed by atoms with Gasteiger partial charge >= 0.3 is 0 Å². The Morgan fingerprint density at radius 1 is 1.04 bits per heavy atom. The Bertz CT molecular complexity index is 916. The van der Waals surface area contributed by atoms with Crippen LogP contribution in [-0.4, -0.2) is 27.5 Å². The Kier molecular flexibility index (Phi) is 3.47. The molecule has 0 spiro atoms. The topological polar surface area (TPSA) is 21.1 Å². The maximum atomic E-state index is 8.22. The van der Waals surface area contributed by atoms with Crippen molar-refractivity contribution in [2.45, 2.75) is 25.9 Å². The van der Waals surface area contributed by atoms with Gasteiger partial charge < -0.3 is 4.57 Å². The molecule has 0 amide bonds. The number of benzene rings is 2. The predicted octanol–water partition coefficient (Wildman–Crippen LogP) is 4.33. The summed E-state index contributed by atoms with van der Waals surface area (Å²) in [7, 11) is 0. The molecule has 0 aliphatic carbocycles. The van der Waals surface area contributed by atoms with E-state index in [1.54, 1.807) is 6.07 Å². The summed E-state index contributed by atoms with van der Waals surface area (Å²) < 4.78 is 18.4. The van der Waals surface area contributed by atoms with Gasteiger partial charge in [-0.2, -0.15) is 0 Å². The van der Waals surface area contributed by atoms with E-state index in [0.29, 0.717) is 11.6 Å². The Morgan fingerprint density at radius 3 is 2.74 bits per heavy atom. The lowest BCUT2D eigenvalue weighted by molar-refractivity contribution is 0.318. The number of imidazole rings is 1. The minimum absolute atomic E-state index is 0.0877. The lowest BCUT2D eigenvalue weighted by atomic mass is 10.2. The molecule has 3 nitrogen and oxygen atoms in total. The number of aromatic nitrogens is 2. The monoisotopic (exact) mass is 327 g/mol. The molecule has 4 rings (SSSR count). The lowest BCUT2D eigenvalue weighted by Gasteiger charge is -2.16. The maximum absolute atomic E-state index is 8.22. The van der Waals surface area contributed by atoms with E-state index < -0.39 is 0 Å². The molecule has 4 heteroatoms. The van der Waals surface area contributed by atoms with Gasteiger partial charge in [0, 0.05) is 11.6 Å². The van der Waals surface area contributed by atoms with Crippen LogP contribution in [0.25, 0.3) is 11.0 Å². The number of rotatable bonds is 4. The SMILES string of the molecule is [2H]c1c(Cl)ccc(Cn2c(CN3CCCC3)nc3ccccc32)c1[2H]. The molecule has 118 valence electrons. The van der Waals surface area contributed by atoms with Crippen molar-refractivity contribution in [1.82, 2.24) is 14.5 Å². The van der Waals surface area contributed by atoms with E-state index in [1.807, 2.05) is 24.3 Å². The highest BCUT2D eigenvalue weighted by Crippen LogP contribution is 2.21. The Hall–Kier alpha value is -1.84. The lowest BCUT2D eigenvalue weighted by Crippen LogP contribution is -2.21. The summed E-state index contributed by atoms with van der Waals surface area (Å²) in [6.07, 6.45) is 2.49. The van der Waals surface area contributed by atoms with Crippen LogP contribution >= 0.6 is 11.6 Å². The number of halogens is 1. The highest BCUT2D eigenvalue weighted by Gasteiger charge is 2.17. The molecule has 0 N–H and O–H groups in total. The van der Waals surface area contributed by atoms with Crippen LogP contribution in [0.2, 0.25) is 5.02 Å². The summed E-state index contributed by atoms with van der Waals surface area (Å²) in [4.78, 5) is 7.26. The summed E-state index contributed by atoms with van der Waals surface area (Å²) in [5.74, 6) is 1.02. The second-order valence-electron chi connectivity index (χ2n) is 6.04. The van der Waals surface area contributed by atoms with Crippen molar-refractivity contribution in [3.8, 4) is 0 Å². The summed E-state index contributed by atoms with van der Waals surface area (Å²) >= 11 is 5.97. The van der Waals surface area contributed by atoms with Gasteiger partial charge in [0.25, 0.3) is 0 Å². The van der Waals surface area contributed by atoms with E-state index >= 15 is 0 Å². The average Bonchev–Trinajstić information content (AvgIpc) is 3.24. The summed E-state index contributed by atoms with van der Waals surface area (Å²) in [6.45, 7) is 3.59. The van der Waals surface area contributed by atoms with Crippen LogP contribution in [0.15, 0.2) is 48.5 Å². The highest BCUT2D eigenvalue weighted by atomic mass is 35.5. The molecule has 0 bridgehead atoms. The highest BCUT2D eigenvalue weighted by molar-refractivity contribution is 6.30. The van der Waals surface area contributed by atoms with Gasteiger partial charge in [-0.15, -0.1) is 0 Å². The first kappa shape index (κ1) is 12.6. The third-order valence-electron chi connectivity index (χ3n) is 4.40. The first-order chi connectivity index (χ1) is 12.1. The van der Waals surface area contributed by atoms with Gasteiger partial charge in [0.2, 0.25) is 0 Å². The minimum atomic E-state index is 0.0877. The molecule has 0 atom stereocenters. The van der Waals surface area contributed by atoms with Crippen LogP contribution in [0.3, 0.4) is 0 Å². The number of nitrogens with zero attached hydrogens (tertiary/aromatic N) is 3. The van der Waals surface area contributed by atoms with Crippen LogP contribution in [0.5, 0.6) is 0 Å². The van der Waals surface area contributed by atoms with Gasteiger partial charge in [0.1, 0.15) is 5.82 Å². The molecule has 3 aromatic rings. The first-order valence-corrected chi connectivity index (χ1v) is 8.42. The van der Waals surface area contributed by atoms with Crippen LogP contribution in [0, 0.1) is 0 Å². The van der Waals surface area contributed by atoms with Crippen molar-refractivity contribution in [2.24, 2.45) is 0 Å². The van der Waals surface area contributed by atoms with E-state index in [4.69, 9.17) is 19.3 Å². The van der Waals surface area contributed by atoms with Crippen molar-refractivity contribution in [1.29, 1.82) is 0 Å². The average molecular weight is 328 g/mol. The molecular formula is C19H20ClN3. The molecule has 1 fully saturated rings. The minimum Gasteiger partial charge on any atom is -0.322 e. The molecule has 0 unspecified atom stereocenters.